The summed E-state index contributed by atoms with van der Waals surface area (Å²) in [5.41, 5.74) is 0.706. The summed E-state index contributed by atoms with van der Waals surface area (Å²) in [6.07, 6.45) is 3.33. The highest BCUT2D eigenvalue weighted by Gasteiger charge is 2.18. The standard InChI is InChI=1S/C11H13ClFN/c12-8-4-5-10(13)9(7-8)11-3-1-2-6-14-11/h4-5,7,11,14H,1-3,6H2/t11-/m1/s1. The molecule has 0 saturated carbocycles. The molecule has 1 saturated heterocycles. The summed E-state index contributed by atoms with van der Waals surface area (Å²) in [6.45, 7) is 0.969. The lowest BCUT2D eigenvalue weighted by atomic mass is 9.97. The SMILES string of the molecule is Fc1ccc(Cl)cc1[C@H]1CCCCN1. The minimum atomic E-state index is -0.159. The summed E-state index contributed by atoms with van der Waals surface area (Å²) in [5, 5.41) is 3.91. The predicted molar refractivity (Wildman–Crippen MR) is 56.0 cm³/mol. The first-order valence-electron chi connectivity index (χ1n) is 4.96. The molecule has 1 heterocycles. The molecule has 1 atom stereocenters. The highest BCUT2D eigenvalue weighted by atomic mass is 35.5. The zero-order valence-electron chi connectivity index (χ0n) is 7.89. The van der Waals surface area contributed by atoms with Crippen molar-refractivity contribution in [2.75, 3.05) is 6.54 Å². The number of rotatable bonds is 1. The maximum absolute atomic E-state index is 13.5. The van der Waals surface area contributed by atoms with Gasteiger partial charge in [-0.1, -0.05) is 18.0 Å². The Hall–Kier alpha value is -0.600. The average molecular weight is 214 g/mol. The van der Waals surface area contributed by atoms with Gasteiger partial charge in [0.05, 0.1) is 0 Å². The van der Waals surface area contributed by atoms with Crippen LogP contribution in [0, 0.1) is 5.82 Å². The fraction of sp³-hybridized carbons (Fsp3) is 0.455. The van der Waals surface area contributed by atoms with Gasteiger partial charge in [0, 0.05) is 16.6 Å². The lowest BCUT2D eigenvalue weighted by molar-refractivity contribution is 0.400. The van der Waals surface area contributed by atoms with Gasteiger partial charge in [-0.2, -0.15) is 0 Å². The van der Waals surface area contributed by atoms with Gasteiger partial charge in [0.15, 0.2) is 0 Å². The van der Waals surface area contributed by atoms with E-state index < -0.39 is 0 Å². The molecule has 1 aliphatic heterocycles. The largest absolute Gasteiger partial charge is 0.310 e. The van der Waals surface area contributed by atoms with Gasteiger partial charge in [-0.05, 0) is 37.6 Å². The molecule has 3 heteroatoms. The average Bonchev–Trinajstić information content (AvgIpc) is 2.23. The van der Waals surface area contributed by atoms with Crippen LogP contribution in [0.3, 0.4) is 0 Å². The molecule has 1 aliphatic rings. The summed E-state index contributed by atoms with van der Waals surface area (Å²) in [5.74, 6) is -0.159. The van der Waals surface area contributed by atoms with Crippen LogP contribution in [0.25, 0.3) is 0 Å². The fourth-order valence-electron chi connectivity index (χ4n) is 1.90. The molecule has 0 radical (unpaired) electrons. The van der Waals surface area contributed by atoms with Crippen LogP contribution in [0.15, 0.2) is 18.2 Å². The zero-order chi connectivity index (χ0) is 9.97. The molecular weight excluding hydrogens is 201 g/mol. The second-order valence-electron chi connectivity index (χ2n) is 3.67. The Bertz CT molecular complexity index is 321. The van der Waals surface area contributed by atoms with Crippen molar-refractivity contribution >= 4 is 11.6 Å². The van der Waals surface area contributed by atoms with Crippen molar-refractivity contribution in [1.29, 1.82) is 0 Å². The Morgan fingerprint density at radius 1 is 1.36 bits per heavy atom. The third-order valence-electron chi connectivity index (χ3n) is 2.64. The number of piperidine rings is 1. The van der Waals surface area contributed by atoms with Crippen molar-refractivity contribution < 1.29 is 4.39 Å². The Kier molecular flexibility index (Phi) is 3.04. The smallest absolute Gasteiger partial charge is 0.128 e. The van der Waals surface area contributed by atoms with E-state index in [9.17, 15) is 4.39 Å². The van der Waals surface area contributed by atoms with E-state index in [-0.39, 0.29) is 11.9 Å². The number of hydrogen-bond acceptors (Lipinski definition) is 1. The Morgan fingerprint density at radius 2 is 2.21 bits per heavy atom. The van der Waals surface area contributed by atoms with E-state index in [1.54, 1.807) is 12.1 Å². The highest BCUT2D eigenvalue weighted by molar-refractivity contribution is 6.30. The summed E-state index contributed by atoms with van der Waals surface area (Å²) in [6, 6.07) is 4.89. The second-order valence-corrected chi connectivity index (χ2v) is 4.10. The van der Waals surface area contributed by atoms with E-state index in [2.05, 4.69) is 5.32 Å². The van der Waals surface area contributed by atoms with Gasteiger partial charge >= 0.3 is 0 Å². The van der Waals surface area contributed by atoms with Gasteiger partial charge in [0.1, 0.15) is 5.82 Å². The first kappa shape index (κ1) is 9.94. The van der Waals surface area contributed by atoms with Gasteiger partial charge in [0.25, 0.3) is 0 Å². The van der Waals surface area contributed by atoms with E-state index in [0.29, 0.717) is 10.6 Å². The van der Waals surface area contributed by atoms with Crippen molar-refractivity contribution in [1.82, 2.24) is 5.32 Å². The third kappa shape index (κ3) is 2.07. The first-order chi connectivity index (χ1) is 6.77. The van der Waals surface area contributed by atoms with Crippen LogP contribution < -0.4 is 5.32 Å². The number of halogens is 2. The number of benzene rings is 1. The van der Waals surface area contributed by atoms with Crippen molar-refractivity contribution in [3.05, 3.63) is 34.6 Å². The maximum atomic E-state index is 13.5. The molecule has 0 aromatic heterocycles. The first-order valence-corrected chi connectivity index (χ1v) is 5.33. The van der Waals surface area contributed by atoms with Crippen LogP contribution in [-0.4, -0.2) is 6.54 Å². The molecule has 76 valence electrons. The van der Waals surface area contributed by atoms with Crippen LogP contribution in [-0.2, 0) is 0 Å². The van der Waals surface area contributed by atoms with Crippen LogP contribution in [0.4, 0.5) is 4.39 Å². The van der Waals surface area contributed by atoms with E-state index in [1.165, 1.54) is 12.5 Å². The topological polar surface area (TPSA) is 12.0 Å². The molecule has 14 heavy (non-hydrogen) atoms. The monoisotopic (exact) mass is 213 g/mol. The second kappa shape index (κ2) is 4.28. The van der Waals surface area contributed by atoms with Gasteiger partial charge in [-0.15, -0.1) is 0 Å². The lowest BCUT2D eigenvalue weighted by Gasteiger charge is -2.24. The molecule has 2 rings (SSSR count). The van der Waals surface area contributed by atoms with Crippen LogP contribution in [0.2, 0.25) is 5.02 Å². The molecule has 0 unspecified atom stereocenters. The van der Waals surface area contributed by atoms with E-state index in [0.717, 1.165) is 19.4 Å². The van der Waals surface area contributed by atoms with E-state index in [1.807, 2.05) is 0 Å². The molecule has 0 amide bonds. The molecule has 1 fully saturated rings. The highest BCUT2D eigenvalue weighted by Crippen LogP contribution is 2.27. The zero-order valence-corrected chi connectivity index (χ0v) is 8.65. The van der Waals surface area contributed by atoms with Crippen LogP contribution >= 0.6 is 11.6 Å². The van der Waals surface area contributed by atoms with E-state index in [4.69, 9.17) is 11.6 Å². The van der Waals surface area contributed by atoms with E-state index >= 15 is 0 Å². The van der Waals surface area contributed by atoms with Crippen LogP contribution in [0.1, 0.15) is 30.9 Å². The van der Waals surface area contributed by atoms with Gasteiger partial charge in [-0.25, -0.2) is 4.39 Å². The molecule has 1 aromatic carbocycles. The Labute approximate surface area is 88.3 Å². The maximum Gasteiger partial charge on any atom is 0.128 e. The molecule has 0 spiro atoms. The van der Waals surface area contributed by atoms with Crippen molar-refractivity contribution in [3.63, 3.8) is 0 Å². The summed E-state index contributed by atoms with van der Waals surface area (Å²) < 4.78 is 13.5. The van der Waals surface area contributed by atoms with Crippen molar-refractivity contribution in [2.24, 2.45) is 0 Å². The van der Waals surface area contributed by atoms with Crippen molar-refractivity contribution in [3.8, 4) is 0 Å². The Morgan fingerprint density at radius 3 is 2.93 bits per heavy atom. The third-order valence-corrected chi connectivity index (χ3v) is 2.88. The molecular formula is C11H13ClFN. The fourth-order valence-corrected chi connectivity index (χ4v) is 2.08. The molecule has 1 nitrogen and oxygen atoms in total. The quantitative estimate of drug-likeness (QED) is 0.755. The molecule has 0 bridgehead atoms. The van der Waals surface area contributed by atoms with Gasteiger partial charge < -0.3 is 5.32 Å². The lowest BCUT2D eigenvalue weighted by Crippen LogP contribution is -2.27. The summed E-state index contributed by atoms with van der Waals surface area (Å²) in [7, 11) is 0. The van der Waals surface area contributed by atoms with Gasteiger partial charge in [0.2, 0.25) is 0 Å². The van der Waals surface area contributed by atoms with Gasteiger partial charge in [-0.3, -0.25) is 0 Å². The van der Waals surface area contributed by atoms with Crippen molar-refractivity contribution in [2.45, 2.75) is 25.3 Å². The van der Waals surface area contributed by atoms with Crippen LogP contribution in [0.5, 0.6) is 0 Å². The minimum Gasteiger partial charge on any atom is -0.310 e. The minimum absolute atomic E-state index is 0.141. The predicted octanol–water partition coefficient (Wildman–Crippen LogP) is 3.29. The summed E-state index contributed by atoms with van der Waals surface area (Å²) in [4.78, 5) is 0. The molecule has 0 aliphatic carbocycles. The molecule has 1 N–H and O–H groups in total. The summed E-state index contributed by atoms with van der Waals surface area (Å²) >= 11 is 5.84. The Balaban J connectivity index is 2.24. The normalized spacial score (nSPS) is 22.3. The number of hydrogen-bond donors (Lipinski definition) is 1. The number of nitrogens with one attached hydrogen (secondary N) is 1. The molecule has 1 aromatic rings.